The zero-order chi connectivity index (χ0) is 21.5. The van der Waals surface area contributed by atoms with Gasteiger partial charge in [-0.1, -0.05) is 18.7 Å². The highest BCUT2D eigenvalue weighted by molar-refractivity contribution is 7.99. The Labute approximate surface area is 185 Å². The number of nitrogens with two attached hydrogens (primary N) is 1. The quantitative estimate of drug-likeness (QED) is 0.513. The largest absolute Gasteiger partial charge is 0.383 e. The van der Waals surface area contributed by atoms with E-state index in [9.17, 15) is 13.2 Å². The van der Waals surface area contributed by atoms with Gasteiger partial charge in [0.1, 0.15) is 10.6 Å². The Bertz CT molecular complexity index is 1070. The van der Waals surface area contributed by atoms with Gasteiger partial charge in [-0.15, -0.1) is 11.3 Å². The van der Waals surface area contributed by atoms with E-state index in [1.165, 1.54) is 35.0 Å². The minimum Gasteiger partial charge on any atom is -0.383 e. The van der Waals surface area contributed by atoms with Crippen LogP contribution < -0.4 is 5.73 Å². The second-order valence-electron chi connectivity index (χ2n) is 8.19. The SMILES string of the molecule is CC[C@@H](C)N(C(=O)CSc1nc(N)c2c3c(sc2n1)CCCC3)[C@@H]1CCS(=O)(=O)C1. The minimum absolute atomic E-state index is 0.00566. The fourth-order valence-electron chi connectivity index (χ4n) is 4.43. The smallest absolute Gasteiger partial charge is 0.233 e. The number of nitrogen functional groups attached to an aromatic ring is 1. The number of rotatable bonds is 6. The van der Waals surface area contributed by atoms with Gasteiger partial charge in [-0.05, 0) is 51.0 Å². The average Bonchev–Trinajstić information content (AvgIpc) is 3.26. The van der Waals surface area contributed by atoms with E-state index in [-0.39, 0.29) is 35.2 Å². The van der Waals surface area contributed by atoms with Crippen molar-refractivity contribution in [1.82, 2.24) is 14.9 Å². The van der Waals surface area contributed by atoms with Crippen molar-refractivity contribution in [2.75, 3.05) is 23.0 Å². The summed E-state index contributed by atoms with van der Waals surface area (Å²) in [5, 5.41) is 1.50. The van der Waals surface area contributed by atoms with E-state index < -0.39 is 9.84 Å². The number of carbonyl (C=O) groups is 1. The van der Waals surface area contributed by atoms with Crippen LogP contribution in [0.3, 0.4) is 0 Å². The lowest BCUT2D eigenvalue weighted by molar-refractivity contribution is -0.132. The first-order valence-electron chi connectivity index (χ1n) is 10.5. The van der Waals surface area contributed by atoms with Crippen molar-refractivity contribution in [2.24, 2.45) is 0 Å². The van der Waals surface area contributed by atoms with Crippen LogP contribution in [0.2, 0.25) is 0 Å². The Morgan fingerprint density at radius 1 is 1.33 bits per heavy atom. The highest BCUT2D eigenvalue weighted by Gasteiger charge is 2.36. The van der Waals surface area contributed by atoms with Gasteiger partial charge < -0.3 is 10.6 Å². The molecule has 1 amide bonds. The molecule has 7 nitrogen and oxygen atoms in total. The Hall–Kier alpha value is -1.39. The van der Waals surface area contributed by atoms with Crippen LogP contribution in [0.15, 0.2) is 5.16 Å². The molecule has 0 saturated carbocycles. The molecule has 1 aliphatic carbocycles. The molecule has 2 aliphatic rings. The lowest BCUT2D eigenvalue weighted by Crippen LogP contribution is -2.47. The van der Waals surface area contributed by atoms with E-state index in [1.807, 2.05) is 13.8 Å². The van der Waals surface area contributed by atoms with Gasteiger partial charge in [-0.3, -0.25) is 4.79 Å². The van der Waals surface area contributed by atoms with Crippen LogP contribution in [-0.2, 0) is 27.5 Å². The summed E-state index contributed by atoms with van der Waals surface area (Å²) < 4.78 is 23.9. The summed E-state index contributed by atoms with van der Waals surface area (Å²) in [6.45, 7) is 3.99. The molecule has 2 aromatic heterocycles. The molecular weight excluding hydrogens is 440 g/mol. The first-order valence-corrected chi connectivity index (χ1v) is 14.1. The molecule has 2 atom stereocenters. The second-order valence-corrected chi connectivity index (χ2v) is 12.4. The van der Waals surface area contributed by atoms with E-state index in [2.05, 4.69) is 9.97 Å². The van der Waals surface area contributed by atoms with E-state index in [1.54, 1.807) is 16.2 Å². The molecule has 3 heterocycles. The number of hydrogen-bond acceptors (Lipinski definition) is 8. The van der Waals surface area contributed by atoms with Gasteiger partial charge in [0, 0.05) is 17.0 Å². The fourth-order valence-corrected chi connectivity index (χ4v) is 8.19. The number of thiophene rings is 1. The molecule has 4 rings (SSSR count). The number of nitrogens with zero attached hydrogens (tertiary/aromatic N) is 3. The van der Waals surface area contributed by atoms with Gasteiger partial charge in [0.05, 0.1) is 22.6 Å². The summed E-state index contributed by atoms with van der Waals surface area (Å²) in [5.74, 6) is 0.824. The van der Waals surface area contributed by atoms with E-state index in [0.29, 0.717) is 17.4 Å². The molecule has 164 valence electrons. The van der Waals surface area contributed by atoms with Crippen LogP contribution in [-0.4, -0.2) is 58.5 Å². The summed E-state index contributed by atoms with van der Waals surface area (Å²) in [7, 11) is -3.06. The van der Waals surface area contributed by atoms with Gasteiger partial charge >= 0.3 is 0 Å². The van der Waals surface area contributed by atoms with Crippen molar-refractivity contribution in [3.05, 3.63) is 10.4 Å². The lowest BCUT2D eigenvalue weighted by Gasteiger charge is -2.33. The third-order valence-corrected chi connectivity index (χ3v) is 9.87. The van der Waals surface area contributed by atoms with E-state index in [4.69, 9.17) is 5.73 Å². The molecule has 0 radical (unpaired) electrons. The van der Waals surface area contributed by atoms with Gasteiger partial charge in [-0.25, -0.2) is 18.4 Å². The molecule has 2 N–H and O–H groups in total. The highest BCUT2D eigenvalue weighted by Crippen LogP contribution is 2.38. The van der Waals surface area contributed by atoms with Crippen LogP contribution in [0.25, 0.3) is 10.2 Å². The van der Waals surface area contributed by atoms with Crippen molar-refractivity contribution in [1.29, 1.82) is 0 Å². The van der Waals surface area contributed by atoms with Crippen LogP contribution >= 0.6 is 23.1 Å². The average molecular weight is 469 g/mol. The standard InChI is InChI=1S/C20H28N4O3S3/c1-3-12(2)24(13-8-9-30(26,27)11-13)16(25)10-28-20-22-18(21)17-14-6-4-5-7-15(14)29-19(17)23-20/h12-13H,3-11H2,1-2H3,(H2,21,22,23)/t12-,13-/m1/s1. The second kappa shape index (κ2) is 8.63. The fraction of sp³-hybridized carbons (Fsp3) is 0.650. The Balaban J connectivity index is 1.51. The maximum absolute atomic E-state index is 13.0. The van der Waals surface area contributed by atoms with Crippen LogP contribution in [0.1, 0.15) is 50.0 Å². The van der Waals surface area contributed by atoms with Crippen LogP contribution in [0.4, 0.5) is 5.82 Å². The number of hydrogen-bond donors (Lipinski definition) is 1. The zero-order valence-corrected chi connectivity index (χ0v) is 19.8. The molecule has 2 aromatic rings. The van der Waals surface area contributed by atoms with E-state index >= 15 is 0 Å². The van der Waals surface area contributed by atoms with Crippen LogP contribution in [0, 0.1) is 0 Å². The molecule has 0 aromatic carbocycles. The van der Waals surface area contributed by atoms with E-state index in [0.717, 1.165) is 29.5 Å². The van der Waals surface area contributed by atoms with Crippen molar-refractivity contribution in [3.63, 3.8) is 0 Å². The van der Waals surface area contributed by atoms with Gasteiger partial charge in [-0.2, -0.15) is 0 Å². The number of sulfone groups is 1. The van der Waals surface area contributed by atoms with Gasteiger partial charge in [0.2, 0.25) is 5.91 Å². The number of amides is 1. The molecule has 30 heavy (non-hydrogen) atoms. The summed E-state index contributed by atoms with van der Waals surface area (Å²) in [5.41, 5.74) is 7.57. The maximum Gasteiger partial charge on any atom is 0.233 e. The molecule has 1 saturated heterocycles. The molecule has 10 heteroatoms. The normalized spacial score (nSPS) is 21.5. The summed E-state index contributed by atoms with van der Waals surface area (Å²) in [6.07, 6.45) is 5.77. The maximum atomic E-state index is 13.0. The van der Waals surface area contributed by atoms with Crippen molar-refractivity contribution in [2.45, 2.75) is 69.6 Å². The third-order valence-electron chi connectivity index (χ3n) is 6.10. The lowest BCUT2D eigenvalue weighted by atomic mass is 9.97. The highest BCUT2D eigenvalue weighted by atomic mass is 32.2. The molecular formula is C20H28N4O3S3. The Kier molecular flexibility index (Phi) is 6.28. The van der Waals surface area contributed by atoms with Crippen molar-refractivity contribution < 1.29 is 13.2 Å². The predicted molar refractivity (Wildman–Crippen MR) is 123 cm³/mol. The topological polar surface area (TPSA) is 106 Å². The Morgan fingerprint density at radius 2 is 2.10 bits per heavy atom. The molecule has 0 spiro atoms. The molecule has 0 unspecified atom stereocenters. The number of thioether (sulfide) groups is 1. The van der Waals surface area contributed by atoms with Gasteiger partial charge in [0.25, 0.3) is 0 Å². The number of carbonyl (C=O) groups excluding carboxylic acids is 1. The van der Waals surface area contributed by atoms with Crippen molar-refractivity contribution in [3.8, 4) is 0 Å². The minimum atomic E-state index is -3.06. The zero-order valence-electron chi connectivity index (χ0n) is 17.4. The Morgan fingerprint density at radius 3 is 2.80 bits per heavy atom. The van der Waals surface area contributed by atoms with Crippen molar-refractivity contribution >= 4 is 54.9 Å². The number of aryl methyl sites for hydroxylation is 2. The molecule has 1 fully saturated rings. The van der Waals surface area contributed by atoms with Crippen LogP contribution in [0.5, 0.6) is 0 Å². The molecule has 0 bridgehead atoms. The number of anilines is 1. The first kappa shape index (κ1) is 21.8. The monoisotopic (exact) mass is 468 g/mol. The summed E-state index contributed by atoms with van der Waals surface area (Å²) in [6, 6.07) is -0.246. The molecule has 1 aliphatic heterocycles. The summed E-state index contributed by atoms with van der Waals surface area (Å²) >= 11 is 2.97. The van der Waals surface area contributed by atoms with Gasteiger partial charge in [0.15, 0.2) is 15.0 Å². The predicted octanol–water partition coefficient (Wildman–Crippen LogP) is 3.06. The third kappa shape index (κ3) is 4.31. The number of fused-ring (bicyclic) bond motifs is 3. The summed E-state index contributed by atoms with van der Waals surface area (Å²) in [4.78, 5) is 26.2. The first-order chi connectivity index (χ1) is 14.3. The number of aromatic nitrogens is 2.